The van der Waals surface area contributed by atoms with E-state index in [1.807, 2.05) is 4.90 Å². The number of nitrogens with one attached hydrogen (secondary N) is 1. The van der Waals surface area contributed by atoms with Gasteiger partial charge in [-0.1, -0.05) is 11.2 Å². The summed E-state index contributed by atoms with van der Waals surface area (Å²) in [7, 11) is 0. The molecule has 1 fully saturated rings. The monoisotopic (exact) mass is 329 g/mol. The molecular formula is C16H19N5O3. The molecule has 24 heavy (non-hydrogen) atoms. The van der Waals surface area contributed by atoms with Crippen LogP contribution in [0, 0.1) is 6.92 Å². The third kappa shape index (κ3) is 3.96. The number of pyridine rings is 1. The van der Waals surface area contributed by atoms with Gasteiger partial charge in [0, 0.05) is 38.4 Å². The minimum atomic E-state index is -0.146. The molecule has 0 atom stereocenters. The number of hydrogen-bond donors (Lipinski definition) is 1. The van der Waals surface area contributed by atoms with Crippen molar-refractivity contribution >= 4 is 17.6 Å². The molecule has 0 bridgehead atoms. The molecular weight excluding hydrogens is 310 g/mol. The third-order valence-corrected chi connectivity index (χ3v) is 3.81. The molecule has 126 valence electrons. The number of aryl methyl sites for hydroxylation is 1. The van der Waals surface area contributed by atoms with Crippen LogP contribution in [-0.4, -0.2) is 64.5 Å². The van der Waals surface area contributed by atoms with Gasteiger partial charge in [-0.2, -0.15) is 0 Å². The Morgan fingerprint density at radius 2 is 2.04 bits per heavy atom. The summed E-state index contributed by atoms with van der Waals surface area (Å²) in [6, 6.07) is 6.96. The lowest BCUT2D eigenvalue weighted by atomic mass is 10.2. The summed E-state index contributed by atoms with van der Waals surface area (Å²) >= 11 is 0. The summed E-state index contributed by atoms with van der Waals surface area (Å²) in [5.74, 6) is 0.846. The molecule has 1 saturated heterocycles. The van der Waals surface area contributed by atoms with Crippen LogP contribution >= 0.6 is 0 Å². The largest absolute Gasteiger partial charge is 0.360 e. The molecule has 0 saturated carbocycles. The second-order valence-corrected chi connectivity index (χ2v) is 5.65. The van der Waals surface area contributed by atoms with E-state index in [-0.39, 0.29) is 18.4 Å². The Morgan fingerprint density at radius 3 is 2.67 bits per heavy atom. The second-order valence-electron chi connectivity index (χ2n) is 5.65. The Kier molecular flexibility index (Phi) is 4.85. The standard InChI is InChI=1S/C16H19N5O3/c1-12-10-14(19-24-12)18-15(22)11-20-6-8-21(9-7-20)16(23)13-4-2-3-5-17-13/h2-5,10H,6-9,11H2,1H3,(H,18,19,22). The number of carbonyl (C=O) groups is 2. The maximum absolute atomic E-state index is 12.3. The lowest BCUT2D eigenvalue weighted by Crippen LogP contribution is -2.50. The number of piperazine rings is 1. The maximum atomic E-state index is 12.3. The Balaban J connectivity index is 1.46. The number of hydrogen-bond acceptors (Lipinski definition) is 6. The number of nitrogens with zero attached hydrogens (tertiary/aromatic N) is 4. The van der Waals surface area contributed by atoms with Crippen molar-refractivity contribution in [2.24, 2.45) is 0 Å². The van der Waals surface area contributed by atoms with E-state index in [9.17, 15) is 9.59 Å². The fourth-order valence-corrected chi connectivity index (χ4v) is 2.57. The van der Waals surface area contributed by atoms with Crippen LogP contribution in [-0.2, 0) is 4.79 Å². The van der Waals surface area contributed by atoms with Crippen molar-refractivity contribution in [1.29, 1.82) is 0 Å². The van der Waals surface area contributed by atoms with Gasteiger partial charge in [0.05, 0.1) is 6.54 Å². The van der Waals surface area contributed by atoms with E-state index in [0.717, 1.165) is 0 Å². The van der Waals surface area contributed by atoms with Gasteiger partial charge in [-0.3, -0.25) is 19.5 Å². The van der Waals surface area contributed by atoms with E-state index < -0.39 is 0 Å². The average Bonchev–Trinajstić information content (AvgIpc) is 3.00. The molecule has 2 amide bonds. The predicted molar refractivity (Wildman–Crippen MR) is 86.5 cm³/mol. The molecule has 1 N–H and O–H groups in total. The molecule has 0 unspecified atom stereocenters. The SMILES string of the molecule is Cc1cc(NC(=O)CN2CCN(C(=O)c3ccccn3)CC2)no1. The molecule has 1 aliphatic rings. The molecule has 8 heteroatoms. The molecule has 3 rings (SSSR count). The quantitative estimate of drug-likeness (QED) is 0.891. The van der Waals surface area contributed by atoms with Crippen LogP contribution in [0.5, 0.6) is 0 Å². The molecule has 0 aliphatic carbocycles. The number of carbonyl (C=O) groups excluding carboxylic acids is 2. The molecule has 0 radical (unpaired) electrons. The average molecular weight is 329 g/mol. The number of anilines is 1. The number of aromatic nitrogens is 2. The van der Waals surface area contributed by atoms with Gasteiger partial charge >= 0.3 is 0 Å². The molecule has 0 aromatic carbocycles. The van der Waals surface area contributed by atoms with Gasteiger partial charge in [0.2, 0.25) is 5.91 Å². The van der Waals surface area contributed by atoms with Crippen LogP contribution < -0.4 is 5.32 Å². The maximum Gasteiger partial charge on any atom is 0.272 e. The van der Waals surface area contributed by atoms with E-state index in [0.29, 0.717) is 43.5 Å². The molecule has 2 aromatic rings. The first-order chi connectivity index (χ1) is 11.6. The van der Waals surface area contributed by atoms with E-state index in [1.165, 1.54) is 0 Å². The Hall–Kier alpha value is -2.74. The summed E-state index contributed by atoms with van der Waals surface area (Å²) < 4.78 is 4.91. The highest BCUT2D eigenvalue weighted by molar-refractivity contribution is 5.92. The van der Waals surface area contributed by atoms with Crippen molar-refractivity contribution in [3.8, 4) is 0 Å². The van der Waals surface area contributed by atoms with Crippen molar-refractivity contribution in [2.45, 2.75) is 6.92 Å². The van der Waals surface area contributed by atoms with Crippen molar-refractivity contribution in [2.75, 3.05) is 38.0 Å². The highest BCUT2D eigenvalue weighted by atomic mass is 16.5. The van der Waals surface area contributed by atoms with Crippen molar-refractivity contribution < 1.29 is 14.1 Å². The summed E-state index contributed by atoms with van der Waals surface area (Å²) in [6.07, 6.45) is 1.61. The fourth-order valence-electron chi connectivity index (χ4n) is 2.57. The van der Waals surface area contributed by atoms with Gasteiger partial charge < -0.3 is 14.7 Å². The van der Waals surface area contributed by atoms with Crippen molar-refractivity contribution in [3.05, 3.63) is 41.9 Å². The third-order valence-electron chi connectivity index (χ3n) is 3.81. The van der Waals surface area contributed by atoms with Gasteiger partial charge in [-0.05, 0) is 19.1 Å². The fraction of sp³-hybridized carbons (Fsp3) is 0.375. The molecule has 2 aromatic heterocycles. The van der Waals surface area contributed by atoms with Gasteiger partial charge in [0.15, 0.2) is 5.82 Å². The van der Waals surface area contributed by atoms with Crippen LogP contribution in [0.1, 0.15) is 16.2 Å². The second kappa shape index (κ2) is 7.22. The summed E-state index contributed by atoms with van der Waals surface area (Å²) in [5.41, 5.74) is 0.449. The first-order valence-corrected chi connectivity index (χ1v) is 7.77. The minimum Gasteiger partial charge on any atom is -0.360 e. The van der Waals surface area contributed by atoms with Crippen molar-refractivity contribution in [3.63, 3.8) is 0 Å². The molecule has 1 aliphatic heterocycles. The zero-order valence-electron chi connectivity index (χ0n) is 13.4. The first kappa shape index (κ1) is 16.1. The first-order valence-electron chi connectivity index (χ1n) is 7.77. The molecule has 3 heterocycles. The van der Waals surface area contributed by atoms with Gasteiger partial charge in [-0.15, -0.1) is 0 Å². The zero-order valence-corrected chi connectivity index (χ0v) is 13.4. The molecule has 8 nitrogen and oxygen atoms in total. The van der Waals surface area contributed by atoms with E-state index >= 15 is 0 Å². The van der Waals surface area contributed by atoms with Crippen LogP contribution in [0.2, 0.25) is 0 Å². The Bertz CT molecular complexity index is 708. The highest BCUT2D eigenvalue weighted by Crippen LogP contribution is 2.09. The van der Waals surface area contributed by atoms with E-state index in [4.69, 9.17) is 4.52 Å². The van der Waals surface area contributed by atoms with Gasteiger partial charge in [0.1, 0.15) is 11.5 Å². The predicted octanol–water partition coefficient (Wildman–Crippen LogP) is 0.775. The van der Waals surface area contributed by atoms with Crippen LogP contribution in [0.25, 0.3) is 0 Å². The van der Waals surface area contributed by atoms with E-state index in [2.05, 4.69) is 15.5 Å². The Morgan fingerprint density at radius 1 is 1.25 bits per heavy atom. The normalized spacial score (nSPS) is 15.3. The number of amides is 2. The lowest BCUT2D eigenvalue weighted by Gasteiger charge is -2.34. The van der Waals surface area contributed by atoms with Crippen LogP contribution in [0.3, 0.4) is 0 Å². The van der Waals surface area contributed by atoms with Crippen molar-refractivity contribution in [1.82, 2.24) is 19.9 Å². The summed E-state index contributed by atoms with van der Waals surface area (Å²) in [6.45, 7) is 4.46. The van der Waals surface area contributed by atoms with Crippen LogP contribution in [0.15, 0.2) is 35.0 Å². The summed E-state index contributed by atoms with van der Waals surface area (Å²) in [4.78, 5) is 32.2. The zero-order chi connectivity index (χ0) is 16.9. The van der Waals surface area contributed by atoms with Gasteiger partial charge in [0.25, 0.3) is 5.91 Å². The lowest BCUT2D eigenvalue weighted by molar-refractivity contribution is -0.117. The Labute approximate surface area is 139 Å². The molecule has 0 spiro atoms. The minimum absolute atomic E-state index is 0.0715. The topological polar surface area (TPSA) is 91.6 Å². The van der Waals surface area contributed by atoms with Crippen LogP contribution in [0.4, 0.5) is 5.82 Å². The highest BCUT2D eigenvalue weighted by Gasteiger charge is 2.24. The van der Waals surface area contributed by atoms with E-state index in [1.54, 1.807) is 42.3 Å². The number of rotatable bonds is 4. The van der Waals surface area contributed by atoms with Gasteiger partial charge in [-0.25, -0.2) is 0 Å². The smallest absolute Gasteiger partial charge is 0.272 e. The summed E-state index contributed by atoms with van der Waals surface area (Å²) in [5, 5.41) is 6.43.